The topological polar surface area (TPSA) is 9.23 Å². The molecule has 0 spiro atoms. The Morgan fingerprint density at radius 1 is 0.792 bits per heavy atom. The van der Waals surface area contributed by atoms with Gasteiger partial charge in [0.2, 0.25) is 0 Å². The molecule has 0 radical (unpaired) electrons. The average molecular weight is 691 g/mol. The van der Waals surface area contributed by atoms with Crippen LogP contribution in [0.15, 0.2) is 170 Å². The smallest absolute Gasteiger partial charge is 0.146 e. The van der Waals surface area contributed by atoms with E-state index in [-0.39, 0.29) is 11.3 Å². The quantitative estimate of drug-likeness (QED) is 0.103. The highest BCUT2D eigenvalue weighted by Gasteiger charge is 2.52. The number of allylic oxidation sites excluding steroid dienone is 5. The van der Waals surface area contributed by atoms with E-state index in [1.54, 1.807) is 0 Å². The molecule has 3 aliphatic rings. The molecule has 0 N–H and O–H groups in total. The van der Waals surface area contributed by atoms with Crippen LogP contribution < -0.4 is 4.74 Å². The molecule has 1 nitrogen and oxygen atoms in total. The average Bonchev–Trinajstić information content (AvgIpc) is 3.69. The van der Waals surface area contributed by atoms with E-state index >= 15 is 0 Å². The van der Waals surface area contributed by atoms with E-state index in [0.717, 1.165) is 25.0 Å². The van der Waals surface area contributed by atoms with Crippen LogP contribution in [-0.2, 0) is 18.3 Å². The molecule has 5 atom stereocenters. The summed E-state index contributed by atoms with van der Waals surface area (Å²) in [6, 6.07) is 41.7. The predicted octanol–water partition coefficient (Wildman–Crippen LogP) is 13.3. The van der Waals surface area contributed by atoms with Crippen molar-refractivity contribution >= 4 is 6.08 Å². The maximum absolute atomic E-state index is 7.19. The molecule has 5 aromatic carbocycles. The minimum atomic E-state index is -0.709. The summed E-state index contributed by atoms with van der Waals surface area (Å²) in [5, 5.41) is 0. The molecule has 0 amide bonds. The first-order chi connectivity index (χ1) is 25.8. The molecule has 8 rings (SSSR count). The third-order valence-corrected chi connectivity index (χ3v) is 12.8. The van der Waals surface area contributed by atoms with Gasteiger partial charge >= 0.3 is 0 Å². The van der Waals surface area contributed by atoms with Gasteiger partial charge in [0.1, 0.15) is 11.4 Å². The maximum atomic E-state index is 7.19. The summed E-state index contributed by atoms with van der Waals surface area (Å²) in [4.78, 5) is 0. The van der Waals surface area contributed by atoms with E-state index in [1.807, 2.05) is 6.08 Å². The van der Waals surface area contributed by atoms with Gasteiger partial charge in [0.25, 0.3) is 0 Å². The first-order valence-electron chi connectivity index (χ1n) is 19.3. The molecule has 0 aromatic heterocycles. The molecule has 5 aromatic rings. The summed E-state index contributed by atoms with van der Waals surface area (Å²) in [7, 11) is 0. The number of hydrogen-bond acceptors (Lipinski definition) is 1. The van der Waals surface area contributed by atoms with E-state index in [9.17, 15) is 0 Å². The molecule has 3 aliphatic carbocycles. The molecule has 53 heavy (non-hydrogen) atoms. The fraction of sp³-hybridized carbons (Fsp3) is 0.231. The summed E-state index contributed by atoms with van der Waals surface area (Å²) < 4.78 is 7.19. The summed E-state index contributed by atoms with van der Waals surface area (Å²) in [6.07, 6.45) is 16.3. The molecular weight excluding hydrogens is 641 g/mol. The third-order valence-electron chi connectivity index (χ3n) is 12.8. The molecular formula is C52H50O. The van der Waals surface area contributed by atoms with Crippen molar-refractivity contribution in [1.29, 1.82) is 0 Å². The normalized spacial score (nSPS) is 21.8. The van der Waals surface area contributed by atoms with Gasteiger partial charge in [0.15, 0.2) is 0 Å². The molecule has 5 unspecified atom stereocenters. The van der Waals surface area contributed by atoms with Crippen LogP contribution >= 0.6 is 0 Å². The molecule has 0 saturated heterocycles. The van der Waals surface area contributed by atoms with Gasteiger partial charge < -0.3 is 4.74 Å². The van der Waals surface area contributed by atoms with Crippen LogP contribution in [-0.4, -0.2) is 5.60 Å². The Morgan fingerprint density at radius 3 is 2.28 bits per heavy atom. The van der Waals surface area contributed by atoms with Crippen LogP contribution in [0.1, 0.15) is 73.4 Å². The molecule has 0 aliphatic heterocycles. The lowest BCUT2D eigenvalue weighted by atomic mass is 9.61. The Labute approximate surface area is 316 Å². The van der Waals surface area contributed by atoms with Crippen molar-refractivity contribution in [3.8, 4) is 28.0 Å². The first-order valence-corrected chi connectivity index (χ1v) is 19.3. The highest BCUT2D eigenvalue weighted by molar-refractivity contribution is 5.81. The van der Waals surface area contributed by atoms with Crippen molar-refractivity contribution in [3.63, 3.8) is 0 Å². The molecule has 0 heterocycles. The zero-order valence-corrected chi connectivity index (χ0v) is 31.6. The van der Waals surface area contributed by atoms with Crippen molar-refractivity contribution in [2.24, 2.45) is 11.8 Å². The standard InChI is InChI=1S/C52H50O/c1-7-16-42(52(35(3)8-2)37(5)36(4)45-20-14-15-22-50(45)52)31-32-51(6,53-44-27-23-39(24-28-44)38-17-10-9-11-18-38)43-26-30-47-41(33-43)25-29-48-46-21-13-12-19-40(46)34-49(47)48/h7-25,27-29,31-33,35-37H,1-2,26,30,34H2,3-6H3/b32-31-,42-16+. The highest BCUT2D eigenvalue weighted by Crippen LogP contribution is 2.58. The summed E-state index contributed by atoms with van der Waals surface area (Å²) in [5.41, 5.74) is 15.3. The fourth-order valence-corrected chi connectivity index (χ4v) is 9.85. The zero-order chi connectivity index (χ0) is 36.7. The second kappa shape index (κ2) is 13.9. The Bertz CT molecular complexity index is 2280. The van der Waals surface area contributed by atoms with Gasteiger partial charge in [-0.3, -0.25) is 0 Å². The first kappa shape index (κ1) is 34.7. The summed E-state index contributed by atoms with van der Waals surface area (Å²) >= 11 is 0. The number of ether oxygens (including phenoxy) is 1. The lowest BCUT2D eigenvalue weighted by Gasteiger charge is -2.42. The Hall–Kier alpha value is -5.40. The molecule has 0 saturated carbocycles. The van der Waals surface area contributed by atoms with Crippen LogP contribution in [0, 0.1) is 11.8 Å². The van der Waals surface area contributed by atoms with E-state index in [1.165, 1.54) is 66.8 Å². The molecule has 0 bridgehead atoms. The van der Waals surface area contributed by atoms with Gasteiger partial charge in [0.05, 0.1) is 0 Å². The fourth-order valence-electron chi connectivity index (χ4n) is 9.85. The van der Waals surface area contributed by atoms with Crippen LogP contribution in [0.25, 0.3) is 28.3 Å². The van der Waals surface area contributed by atoms with Crippen molar-refractivity contribution in [2.45, 2.75) is 63.9 Å². The second-order valence-corrected chi connectivity index (χ2v) is 15.5. The lowest BCUT2D eigenvalue weighted by molar-refractivity contribution is 0.175. The van der Waals surface area contributed by atoms with Crippen molar-refractivity contribution in [3.05, 3.63) is 203 Å². The Kier molecular flexibility index (Phi) is 9.07. The lowest BCUT2D eigenvalue weighted by Crippen LogP contribution is -2.39. The van der Waals surface area contributed by atoms with Crippen LogP contribution in [0.3, 0.4) is 0 Å². The number of benzene rings is 5. The van der Waals surface area contributed by atoms with Crippen LogP contribution in [0.5, 0.6) is 5.75 Å². The minimum absolute atomic E-state index is 0.198. The van der Waals surface area contributed by atoms with Gasteiger partial charge in [-0.2, -0.15) is 0 Å². The van der Waals surface area contributed by atoms with Gasteiger partial charge in [-0.1, -0.05) is 161 Å². The zero-order valence-electron chi connectivity index (χ0n) is 31.6. The van der Waals surface area contributed by atoms with Gasteiger partial charge in [0, 0.05) is 5.41 Å². The number of rotatable bonds is 10. The summed E-state index contributed by atoms with van der Waals surface area (Å²) in [5.74, 6) is 1.81. The Balaban J connectivity index is 1.23. The highest BCUT2D eigenvalue weighted by atomic mass is 16.5. The SMILES string of the molecule is C=C/C=C(\C=C/C(C)(Oc1ccc(-c2ccccc2)cc1)C1=Cc2ccc3c(c2CC1)Cc1ccccc1-3)C1(C(C)C=C)c2ccccc2C(C)C1C. The molecule has 0 fully saturated rings. The van der Waals surface area contributed by atoms with Crippen LogP contribution in [0.2, 0.25) is 0 Å². The number of hydrogen-bond donors (Lipinski definition) is 0. The van der Waals surface area contributed by atoms with E-state index < -0.39 is 5.60 Å². The molecule has 264 valence electrons. The van der Waals surface area contributed by atoms with Crippen molar-refractivity contribution in [2.75, 3.05) is 0 Å². The van der Waals surface area contributed by atoms with Gasteiger partial charge in [-0.05, 0) is 129 Å². The van der Waals surface area contributed by atoms with E-state index in [4.69, 9.17) is 4.74 Å². The maximum Gasteiger partial charge on any atom is 0.146 e. The number of fused-ring (bicyclic) bond motifs is 6. The largest absolute Gasteiger partial charge is 0.479 e. The third kappa shape index (κ3) is 5.78. The van der Waals surface area contributed by atoms with Crippen LogP contribution in [0.4, 0.5) is 0 Å². The minimum Gasteiger partial charge on any atom is -0.479 e. The monoisotopic (exact) mass is 690 g/mol. The van der Waals surface area contributed by atoms with Crippen molar-refractivity contribution < 1.29 is 4.74 Å². The second-order valence-electron chi connectivity index (χ2n) is 15.5. The molecule has 1 heteroatoms. The van der Waals surface area contributed by atoms with Crippen molar-refractivity contribution in [1.82, 2.24) is 0 Å². The van der Waals surface area contributed by atoms with E-state index in [2.05, 4.69) is 186 Å². The predicted molar refractivity (Wildman–Crippen MR) is 224 cm³/mol. The Morgan fingerprint density at radius 2 is 1.51 bits per heavy atom. The van der Waals surface area contributed by atoms with E-state index in [0.29, 0.717) is 11.8 Å². The van der Waals surface area contributed by atoms with Gasteiger partial charge in [-0.25, -0.2) is 0 Å². The summed E-state index contributed by atoms with van der Waals surface area (Å²) in [6.45, 7) is 17.9. The van der Waals surface area contributed by atoms with Gasteiger partial charge in [-0.15, -0.1) is 6.58 Å².